The second-order valence-electron chi connectivity index (χ2n) is 5.76. The fourth-order valence-corrected chi connectivity index (χ4v) is 3.15. The van der Waals surface area contributed by atoms with Crippen molar-refractivity contribution in [2.45, 2.75) is 37.8 Å². The van der Waals surface area contributed by atoms with Crippen LogP contribution in [0.25, 0.3) is 0 Å². The molecule has 1 unspecified atom stereocenters. The van der Waals surface area contributed by atoms with Crippen LogP contribution in [0.3, 0.4) is 0 Å². The van der Waals surface area contributed by atoms with E-state index in [1.165, 1.54) is 12.1 Å². The average molecular weight is 268 g/mol. The van der Waals surface area contributed by atoms with Crippen molar-refractivity contribution in [1.29, 1.82) is 0 Å². The average Bonchev–Trinajstić information content (AvgIpc) is 2.36. The van der Waals surface area contributed by atoms with Crippen molar-refractivity contribution in [1.82, 2.24) is 4.90 Å². The minimum Gasteiger partial charge on any atom is -0.328 e. The quantitative estimate of drug-likeness (QED) is 0.912. The molecule has 1 aromatic carbocycles. The molecule has 0 radical (unpaired) electrons. The third-order valence-corrected chi connectivity index (χ3v) is 4.10. The molecule has 4 heteroatoms. The van der Waals surface area contributed by atoms with Crippen LogP contribution in [0.15, 0.2) is 18.2 Å². The first-order valence-electron chi connectivity index (χ1n) is 6.86. The Kier molecular flexibility index (Phi) is 4.53. The Morgan fingerprint density at radius 1 is 1.11 bits per heavy atom. The summed E-state index contributed by atoms with van der Waals surface area (Å²) in [5.74, 6) is -1.09. The van der Waals surface area contributed by atoms with Gasteiger partial charge in [-0.05, 0) is 63.4 Å². The lowest BCUT2D eigenvalue weighted by Gasteiger charge is -2.36. The molecule has 0 bridgehead atoms. The third-order valence-electron chi connectivity index (χ3n) is 4.10. The van der Waals surface area contributed by atoms with Crippen LogP contribution in [0.5, 0.6) is 0 Å². The van der Waals surface area contributed by atoms with E-state index in [0.29, 0.717) is 12.0 Å². The fraction of sp³-hybridized carbons (Fsp3) is 0.600. The molecule has 2 rings (SSSR count). The van der Waals surface area contributed by atoms with Gasteiger partial charge in [0.25, 0.3) is 0 Å². The van der Waals surface area contributed by atoms with Gasteiger partial charge in [-0.3, -0.25) is 0 Å². The summed E-state index contributed by atoms with van der Waals surface area (Å²) in [7, 11) is 3.97. The Bertz CT molecular complexity index is 426. The molecule has 1 aliphatic carbocycles. The molecule has 0 aromatic heterocycles. The fourth-order valence-electron chi connectivity index (χ4n) is 3.15. The van der Waals surface area contributed by atoms with E-state index in [-0.39, 0.29) is 6.04 Å². The molecular formula is C15H22F2N2. The summed E-state index contributed by atoms with van der Waals surface area (Å²) in [6.07, 6.45) is 4.11. The first-order chi connectivity index (χ1) is 8.99. The number of hydrogen-bond donors (Lipinski definition) is 1. The van der Waals surface area contributed by atoms with Crippen molar-refractivity contribution in [3.05, 3.63) is 35.4 Å². The van der Waals surface area contributed by atoms with E-state index in [1.807, 2.05) is 14.1 Å². The van der Waals surface area contributed by atoms with Gasteiger partial charge in [-0.1, -0.05) is 6.07 Å². The van der Waals surface area contributed by atoms with Gasteiger partial charge in [0.2, 0.25) is 0 Å². The third kappa shape index (κ3) is 3.31. The van der Waals surface area contributed by atoms with Crippen molar-refractivity contribution in [2.75, 3.05) is 14.1 Å². The van der Waals surface area contributed by atoms with Crippen LogP contribution in [0, 0.1) is 17.6 Å². The van der Waals surface area contributed by atoms with Crippen LogP contribution in [0.2, 0.25) is 0 Å². The lowest BCUT2D eigenvalue weighted by molar-refractivity contribution is 0.164. The van der Waals surface area contributed by atoms with Crippen molar-refractivity contribution in [3.63, 3.8) is 0 Å². The number of nitrogens with zero attached hydrogens (tertiary/aromatic N) is 1. The van der Waals surface area contributed by atoms with Gasteiger partial charge < -0.3 is 10.6 Å². The molecule has 0 heterocycles. The van der Waals surface area contributed by atoms with Gasteiger partial charge in [0.1, 0.15) is 0 Å². The van der Waals surface area contributed by atoms with E-state index in [2.05, 4.69) is 4.90 Å². The molecule has 1 fully saturated rings. The highest BCUT2D eigenvalue weighted by atomic mass is 19.2. The molecule has 1 atom stereocenters. The smallest absolute Gasteiger partial charge is 0.159 e. The first-order valence-corrected chi connectivity index (χ1v) is 6.86. The Morgan fingerprint density at radius 2 is 1.74 bits per heavy atom. The molecule has 106 valence electrons. The summed E-state index contributed by atoms with van der Waals surface area (Å²) in [6, 6.07) is 4.66. The van der Waals surface area contributed by atoms with Gasteiger partial charge in [-0.2, -0.15) is 0 Å². The van der Waals surface area contributed by atoms with E-state index in [4.69, 9.17) is 5.73 Å². The summed E-state index contributed by atoms with van der Waals surface area (Å²) in [6.45, 7) is 0. The standard InChI is InChI=1S/C15H22F2N2/c1-19(2)15(10-3-6-12(18)7-4-10)11-5-8-13(16)14(17)9-11/h5,8-10,12,15H,3-4,6-7,18H2,1-2H3. The molecule has 1 aromatic rings. The molecular weight excluding hydrogens is 246 g/mol. The zero-order valence-electron chi connectivity index (χ0n) is 11.6. The number of rotatable bonds is 3. The Labute approximate surface area is 113 Å². The molecule has 0 aliphatic heterocycles. The predicted molar refractivity (Wildman–Crippen MR) is 72.7 cm³/mol. The topological polar surface area (TPSA) is 29.3 Å². The summed E-state index contributed by atoms with van der Waals surface area (Å²) in [5.41, 5.74) is 6.78. The van der Waals surface area contributed by atoms with Crippen LogP contribution in [-0.2, 0) is 0 Å². The summed E-state index contributed by atoms with van der Waals surface area (Å²) in [4.78, 5) is 2.09. The normalized spacial score (nSPS) is 25.6. The molecule has 2 N–H and O–H groups in total. The number of hydrogen-bond acceptors (Lipinski definition) is 2. The molecule has 0 saturated heterocycles. The minimum absolute atomic E-state index is 0.127. The number of nitrogens with two attached hydrogens (primary N) is 1. The van der Waals surface area contributed by atoms with Gasteiger partial charge in [-0.15, -0.1) is 0 Å². The summed E-state index contributed by atoms with van der Waals surface area (Å²) >= 11 is 0. The molecule has 1 aliphatic rings. The lowest BCUT2D eigenvalue weighted by Crippen LogP contribution is -2.34. The molecule has 0 spiro atoms. The van der Waals surface area contributed by atoms with Gasteiger partial charge in [0, 0.05) is 12.1 Å². The van der Waals surface area contributed by atoms with Gasteiger partial charge in [0.15, 0.2) is 11.6 Å². The second-order valence-corrected chi connectivity index (χ2v) is 5.76. The Morgan fingerprint density at radius 3 is 2.26 bits per heavy atom. The van der Waals surface area contributed by atoms with E-state index >= 15 is 0 Å². The SMILES string of the molecule is CN(C)C(c1ccc(F)c(F)c1)C1CCC(N)CC1. The van der Waals surface area contributed by atoms with E-state index in [1.54, 1.807) is 6.07 Å². The van der Waals surface area contributed by atoms with E-state index in [9.17, 15) is 8.78 Å². The molecule has 19 heavy (non-hydrogen) atoms. The van der Waals surface area contributed by atoms with Crippen LogP contribution in [-0.4, -0.2) is 25.0 Å². The highest BCUT2D eigenvalue weighted by molar-refractivity contribution is 5.22. The Hall–Kier alpha value is -1.00. The largest absolute Gasteiger partial charge is 0.328 e. The Balaban J connectivity index is 2.22. The second kappa shape index (κ2) is 5.97. The highest BCUT2D eigenvalue weighted by Crippen LogP contribution is 2.37. The predicted octanol–water partition coefficient (Wildman–Crippen LogP) is 3.09. The van der Waals surface area contributed by atoms with Gasteiger partial charge in [0.05, 0.1) is 0 Å². The van der Waals surface area contributed by atoms with E-state index in [0.717, 1.165) is 31.2 Å². The van der Waals surface area contributed by atoms with Crippen molar-refractivity contribution in [2.24, 2.45) is 11.7 Å². The first kappa shape index (κ1) is 14.4. The monoisotopic (exact) mass is 268 g/mol. The summed E-state index contributed by atoms with van der Waals surface area (Å²) < 4.78 is 26.5. The lowest BCUT2D eigenvalue weighted by atomic mass is 9.79. The van der Waals surface area contributed by atoms with Crippen LogP contribution < -0.4 is 5.73 Å². The van der Waals surface area contributed by atoms with Crippen LogP contribution in [0.1, 0.15) is 37.3 Å². The molecule has 0 amide bonds. The number of benzene rings is 1. The zero-order valence-corrected chi connectivity index (χ0v) is 11.6. The number of halogens is 2. The molecule has 1 saturated carbocycles. The van der Waals surface area contributed by atoms with Gasteiger partial charge >= 0.3 is 0 Å². The van der Waals surface area contributed by atoms with E-state index < -0.39 is 11.6 Å². The molecule has 2 nitrogen and oxygen atoms in total. The van der Waals surface area contributed by atoms with Crippen molar-refractivity contribution < 1.29 is 8.78 Å². The van der Waals surface area contributed by atoms with Crippen molar-refractivity contribution in [3.8, 4) is 0 Å². The minimum atomic E-state index is -0.785. The van der Waals surface area contributed by atoms with Crippen LogP contribution in [0.4, 0.5) is 8.78 Å². The summed E-state index contributed by atoms with van der Waals surface area (Å²) in [5, 5.41) is 0. The maximum Gasteiger partial charge on any atom is 0.159 e. The van der Waals surface area contributed by atoms with Crippen LogP contribution >= 0.6 is 0 Å². The van der Waals surface area contributed by atoms with Crippen molar-refractivity contribution >= 4 is 0 Å². The maximum atomic E-state index is 13.4. The van der Waals surface area contributed by atoms with Gasteiger partial charge in [-0.25, -0.2) is 8.78 Å². The highest BCUT2D eigenvalue weighted by Gasteiger charge is 2.29. The zero-order chi connectivity index (χ0) is 14.0. The maximum absolute atomic E-state index is 13.4.